The lowest BCUT2D eigenvalue weighted by molar-refractivity contribution is 0.411. The first-order chi connectivity index (χ1) is 12.1. The Morgan fingerprint density at radius 1 is 1.24 bits per heavy atom. The third kappa shape index (κ3) is 4.27. The predicted octanol–water partition coefficient (Wildman–Crippen LogP) is 5.10. The van der Waals surface area contributed by atoms with Gasteiger partial charge in [0.05, 0.1) is 17.3 Å². The van der Waals surface area contributed by atoms with Gasteiger partial charge in [0.2, 0.25) is 5.89 Å². The van der Waals surface area contributed by atoms with E-state index in [2.05, 4.69) is 33.2 Å². The van der Waals surface area contributed by atoms with Crippen molar-refractivity contribution in [2.45, 2.75) is 19.5 Å². The molecule has 0 aliphatic rings. The number of rotatable bonds is 6. The quantitative estimate of drug-likeness (QED) is 0.620. The first-order valence-corrected chi connectivity index (χ1v) is 8.63. The van der Waals surface area contributed by atoms with Crippen LogP contribution in [0.4, 0.5) is 4.39 Å². The van der Waals surface area contributed by atoms with Gasteiger partial charge in [0, 0.05) is 18.2 Å². The average Bonchev–Trinajstić information content (AvgIpc) is 3.09. The predicted molar refractivity (Wildman–Crippen MR) is 97.8 cm³/mol. The van der Waals surface area contributed by atoms with E-state index in [0.717, 1.165) is 27.0 Å². The Kier molecular flexibility index (Phi) is 5.50. The summed E-state index contributed by atoms with van der Waals surface area (Å²) in [5, 5.41) is 3.41. The summed E-state index contributed by atoms with van der Waals surface area (Å²) in [6.45, 7) is 2.64. The zero-order valence-electron chi connectivity index (χ0n) is 13.9. The Labute approximate surface area is 154 Å². The van der Waals surface area contributed by atoms with Gasteiger partial charge in [-0.1, -0.05) is 6.07 Å². The van der Waals surface area contributed by atoms with E-state index < -0.39 is 0 Å². The number of ether oxygens (including phenoxy) is 1. The average molecular weight is 405 g/mol. The van der Waals surface area contributed by atoms with Crippen LogP contribution < -0.4 is 10.1 Å². The molecule has 0 spiro atoms. The summed E-state index contributed by atoms with van der Waals surface area (Å²) >= 11 is 3.50. The van der Waals surface area contributed by atoms with Crippen LogP contribution in [0, 0.1) is 5.82 Å². The van der Waals surface area contributed by atoms with Crippen LogP contribution in [0.1, 0.15) is 24.2 Å². The summed E-state index contributed by atoms with van der Waals surface area (Å²) in [5.74, 6) is 1.00. The molecular formula is C19H18BrFN2O2. The highest BCUT2D eigenvalue weighted by Gasteiger charge is 2.11. The molecule has 1 atom stereocenters. The van der Waals surface area contributed by atoms with Crippen LogP contribution in [0.3, 0.4) is 0 Å². The van der Waals surface area contributed by atoms with Crippen LogP contribution in [0.25, 0.3) is 11.5 Å². The van der Waals surface area contributed by atoms with Crippen LogP contribution in [0.2, 0.25) is 0 Å². The highest BCUT2D eigenvalue weighted by molar-refractivity contribution is 9.10. The molecule has 3 aromatic rings. The van der Waals surface area contributed by atoms with Crippen molar-refractivity contribution in [3.8, 4) is 17.2 Å². The minimum atomic E-state index is -0.281. The van der Waals surface area contributed by atoms with Gasteiger partial charge < -0.3 is 14.5 Å². The molecule has 0 fully saturated rings. The van der Waals surface area contributed by atoms with E-state index in [1.54, 1.807) is 25.5 Å². The van der Waals surface area contributed by atoms with Crippen LogP contribution >= 0.6 is 15.9 Å². The van der Waals surface area contributed by atoms with Crippen molar-refractivity contribution in [2.75, 3.05) is 7.11 Å². The van der Waals surface area contributed by atoms with E-state index in [0.29, 0.717) is 12.4 Å². The molecule has 0 saturated heterocycles. The van der Waals surface area contributed by atoms with Gasteiger partial charge in [-0.15, -0.1) is 0 Å². The highest BCUT2D eigenvalue weighted by atomic mass is 79.9. The molecule has 0 bridgehead atoms. The number of nitrogens with zero attached hydrogens (tertiary/aromatic N) is 1. The van der Waals surface area contributed by atoms with Gasteiger partial charge in [0.1, 0.15) is 17.8 Å². The maximum absolute atomic E-state index is 13.0. The second-order valence-corrected chi connectivity index (χ2v) is 6.50. The number of hydrogen-bond acceptors (Lipinski definition) is 4. The summed E-state index contributed by atoms with van der Waals surface area (Å²) in [6, 6.07) is 12.2. The molecule has 0 amide bonds. The fourth-order valence-corrected chi connectivity index (χ4v) is 3.00. The van der Waals surface area contributed by atoms with Gasteiger partial charge >= 0.3 is 0 Å². The molecule has 3 rings (SSSR count). The summed E-state index contributed by atoms with van der Waals surface area (Å²) in [4.78, 5) is 4.44. The number of aromatic nitrogens is 1. The Balaban J connectivity index is 1.63. The SMILES string of the molecule is COc1ccc(C(C)NCc2coc(-c3ccc(F)cc3)n2)cc1Br. The topological polar surface area (TPSA) is 47.3 Å². The van der Waals surface area contributed by atoms with E-state index >= 15 is 0 Å². The van der Waals surface area contributed by atoms with Crippen molar-refractivity contribution in [3.63, 3.8) is 0 Å². The van der Waals surface area contributed by atoms with Gasteiger partial charge in [-0.25, -0.2) is 9.37 Å². The van der Waals surface area contributed by atoms with E-state index in [1.807, 2.05) is 18.2 Å². The minimum absolute atomic E-state index is 0.133. The lowest BCUT2D eigenvalue weighted by Crippen LogP contribution is -2.18. The molecule has 0 aliphatic heterocycles. The smallest absolute Gasteiger partial charge is 0.226 e. The van der Waals surface area contributed by atoms with Crippen molar-refractivity contribution < 1.29 is 13.5 Å². The van der Waals surface area contributed by atoms with Crippen LogP contribution in [0.15, 0.2) is 57.6 Å². The molecule has 1 heterocycles. The molecule has 1 aromatic heterocycles. The molecule has 0 radical (unpaired) electrons. The van der Waals surface area contributed by atoms with Gasteiger partial charge in [0.25, 0.3) is 0 Å². The zero-order valence-corrected chi connectivity index (χ0v) is 15.5. The largest absolute Gasteiger partial charge is 0.496 e. The van der Waals surface area contributed by atoms with Crippen molar-refractivity contribution in [2.24, 2.45) is 0 Å². The second-order valence-electron chi connectivity index (χ2n) is 5.65. The molecule has 0 saturated carbocycles. The van der Waals surface area contributed by atoms with Crippen molar-refractivity contribution in [3.05, 3.63) is 70.3 Å². The summed E-state index contributed by atoms with van der Waals surface area (Å²) < 4.78 is 24.6. The monoisotopic (exact) mass is 404 g/mol. The molecule has 4 nitrogen and oxygen atoms in total. The number of oxazole rings is 1. The maximum atomic E-state index is 13.0. The molecule has 0 aliphatic carbocycles. The third-order valence-electron chi connectivity index (χ3n) is 3.91. The van der Waals surface area contributed by atoms with Crippen molar-refractivity contribution in [1.82, 2.24) is 10.3 Å². The molecule has 1 unspecified atom stereocenters. The second kappa shape index (κ2) is 7.80. The lowest BCUT2D eigenvalue weighted by Gasteiger charge is -2.14. The Hall–Kier alpha value is -2.18. The number of methoxy groups -OCH3 is 1. The molecule has 1 N–H and O–H groups in total. The highest BCUT2D eigenvalue weighted by Crippen LogP contribution is 2.28. The van der Waals surface area contributed by atoms with E-state index in [-0.39, 0.29) is 11.9 Å². The molecular weight excluding hydrogens is 387 g/mol. The van der Waals surface area contributed by atoms with Crippen LogP contribution in [-0.2, 0) is 6.54 Å². The summed E-state index contributed by atoms with van der Waals surface area (Å²) in [5.41, 5.74) is 2.67. The van der Waals surface area contributed by atoms with E-state index in [9.17, 15) is 4.39 Å². The number of halogens is 2. The summed E-state index contributed by atoms with van der Waals surface area (Å²) in [7, 11) is 1.64. The fraction of sp³-hybridized carbons (Fsp3) is 0.211. The normalized spacial score (nSPS) is 12.2. The lowest BCUT2D eigenvalue weighted by atomic mass is 10.1. The number of nitrogens with one attached hydrogen (secondary N) is 1. The van der Waals surface area contributed by atoms with E-state index in [4.69, 9.17) is 9.15 Å². The van der Waals surface area contributed by atoms with Crippen LogP contribution in [-0.4, -0.2) is 12.1 Å². The minimum Gasteiger partial charge on any atom is -0.496 e. The van der Waals surface area contributed by atoms with Crippen molar-refractivity contribution >= 4 is 15.9 Å². The fourth-order valence-electron chi connectivity index (χ4n) is 2.44. The Morgan fingerprint density at radius 3 is 2.68 bits per heavy atom. The molecule has 25 heavy (non-hydrogen) atoms. The molecule has 6 heteroatoms. The van der Waals surface area contributed by atoms with Crippen molar-refractivity contribution in [1.29, 1.82) is 0 Å². The summed E-state index contributed by atoms with van der Waals surface area (Å²) in [6.07, 6.45) is 1.61. The Morgan fingerprint density at radius 2 is 2.00 bits per heavy atom. The third-order valence-corrected chi connectivity index (χ3v) is 4.53. The maximum Gasteiger partial charge on any atom is 0.226 e. The van der Waals surface area contributed by atoms with Gasteiger partial charge in [0.15, 0.2) is 0 Å². The standard InChI is InChI=1S/C19H18BrFN2O2/c1-12(14-5-8-18(24-2)17(20)9-14)22-10-16-11-25-19(23-16)13-3-6-15(21)7-4-13/h3-9,11-12,22H,10H2,1-2H3. The van der Waals surface area contributed by atoms with Gasteiger partial charge in [-0.05, 0) is 64.8 Å². The molecule has 130 valence electrons. The van der Waals surface area contributed by atoms with Crippen LogP contribution in [0.5, 0.6) is 5.75 Å². The number of benzene rings is 2. The zero-order chi connectivity index (χ0) is 17.8. The molecule has 2 aromatic carbocycles. The number of hydrogen-bond donors (Lipinski definition) is 1. The Bertz CT molecular complexity index is 849. The van der Waals surface area contributed by atoms with E-state index in [1.165, 1.54) is 12.1 Å². The first-order valence-electron chi connectivity index (χ1n) is 7.84. The van der Waals surface area contributed by atoms with Gasteiger partial charge in [-0.3, -0.25) is 0 Å². The first kappa shape index (κ1) is 17.6. The van der Waals surface area contributed by atoms with Gasteiger partial charge in [-0.2, -0.15) is 0 Å².